The number of phenols is 1. The fourth-order valence-corrected chi connectivity index (χ4v) is 5.08. The minimum Gasteiger partial charge on any atom is -0.507 e. The van der Waals surface area contributed by atoms with Crippen molar-refractivity contribution >= 4 is 23.8 Å². The molecular weight excluding hydrogens is 512 g/mol. The number of methoxy groups -OCH3 is 1. The van der Waals surface area contributed by atoms with E-state index in [0.717, 1.165) is 0 Å². The summed E-state index contributed by atoms with van der Waals surface area (Å²) in [6.45, 7) is 6.40. The monoisotopic (exact) mass is 550 g/mol. The summed E-state index contributed by atoms with van der Waals surface area (Å²) in [6, 6.07) is 7.01. The van der Waals surface area contributed by atoms with E-state index >= 15 is 0 Å². The van der Waals surface area contributed by atoms with Crippen LogP contribution in [0.4, 0.5) is 0 Å². The van der Waals surface area contributed by atoms with Crippen molar-refractivity contribution in [1.29, 1.82) is 0 Å². The smallest absolute Gasteiger partial charge is 0.342 e. The van der Waals surface area contributed by atoms with Crippen LogP contribution in [0.3, 0.4) is 0 Å². The van der Waals surface area contributed by atoms with Crippen molar-refractivity contribution < 1.29 is 38.4 Å². The predicted octanol–water partition coefficient (Wildman–Crippen LogP) is 6.36. The first-order valence-electron chi connectivity index (χ1n) is 14.0. The van der Waals surface area contributed by atoms with Crippen LogP contribution in [0.5, 0.6) is 23.0 Å². The van der Waals surface area contributed by atoms with Gasteiger partial charge in [-0.3, -0.25) is 9.59 Å². The highest BCUT2D eigenvalue weighted by atomic mass is 16.5. The quantitative estimate of drug-likeness (QED) is 0.339. The molecule has 0 bridgehead atoms. The van der Waals surface area contributed by atoms with Crippen LogP contribution in [-0.4, -0.2) is 42.6 Å². The molecule has 0 saturated heterocycles. The molecular formula is C32H38O8. The van der Waals surface area contributed by atoms with Crippen LogP contribution in [0, 0.1) is 5.92 Å². The minimum absolute atomic E-state index is 0.0238. The maximum absolute atomic E-state index is 13.4. The van der Waals surface area contributed by atoms with Crippen LogP contribution in [0.1, 0.15) is 98.7 Å². The number of ether oxygens (including phenoxy) is 4. The van der Waals surface area contributed by atoms with Gasteiger partial charge < -0.3 is 24.1 Å². The van der Waals surface area contributed by atoms with Crippen molar-refractivity contribution in [2.75, 3.05) is 13.7 Å². The third kappa shape index (κ3) is 6.84. The van der Waals surface area contributed by atoms with Crippen LogP contribution < -0.4 is 14.2 Å². The number of ketones is 1. The molecule has 2 aliphatic rings. The van der Waals surface area contributed by atoms with Crippen LogP contribution >= 0.6 is 0 Å². The zero-order valence-corrected chi connectivity index (χ0v) is 23.7. The average molecular weight is 551 g/mol. The lowest BCUT2D eigenvalue weighted by Crippen LogP contribution is -2.23. The first kappa shape index (κ1) is 29.2. The Morgan fingerprint density at radius 1 is 1.07 bits per heavy atom. The summed E-state index contributed by atoms with van der Waals surface area (Å²) in [5.74, 6) is -0.157. The van der Waals surface area contributed by atoms with E-state index in [0.29, 0.717) is 79.2 Å². The Bertz CT molecular complexity index is 1290. The number of hydrogen-bond donors (Lipinski definition) is 1. The van der Waals surface area contributed by atoms with E-state index in [9.17, 15) is 19.5 Å². The number of fused-ring (bicyclic) bond motifs is 2. The molecule has 2 aliphatic heterocycles. The van der Waals surface area contributed by atoms with Gasteiger partial charge in [0.1, 0.15) is 22.8 Å². The van der Waals surface area contributed by atoms with Gasteiger partial charge in [0, 0.05) is 24.3 Å². The van der Waals surface area contributed by atoms with Gasteiger partial charge in [-0.1, -0.05) is 32.1 Å². The molecule has 1 unspecified atom stereocenters. The summed E-state index contributed by atoms with van der Waals surface area (Å²) in [5.41, 5.74) is 1.48. The van der Waals surface area contributed by atoms with Crippen LogP contribution in [0.2, 0.25) is 0 Å². The first-order chi connectivity index (χ1) is 19.2. The normalized spacial score (nSPS) is 21.0. The van der Waals surface area contributed by atoms with Crippen molar-refractivity contribution in [3.8, 4) is 23.0 Å². The fraction of sp³-hybridized carbons (Fsp3) is 0.469. The van der Waals surface area contributed by atoms with E-state index in [1.54, 1.807) is 38.3 Å². The predicted molar refractivity (Wildman–Crippen MR) is 150 cm³/mol. The number of rotatable bonds is 5. The molecule has 1 N–H and O–H groups in total. The topological polar surface area (TPSA) is 108 Å². The lowest BCUT2D eigenvalue weighted by Gasteiger charge is -2.28. The molecule has 0 fully saturated rings. The van der Waals surface area contributed by atoms with Crippen molar-refractivity contribution in [3.63, 3.8) is 0 Å². The number of carbonyl (C=O) groups excluding carboxylic acids is 3. The highest BCUT2D eigenvalue weighted by Crippen LogP contribution is 2.48. The number of Topliss-reactive ketones (excluding diaryl/α,β-unsaturated/α-hetero) is 1. The van der Waals surface area contributed by atoms with Crippen LogP contribution in [-0.2, 0) is 14.3 Å². The van der Waals surface area contributed by atoms with Gasteiger partial charge >= 0.3 is 11.9 Å². The summed E-state index contributed by atoms with van der Waals surface area (Å²) in [5, 5.41) is 11.6. The van der Waals surface area contributed by atoms with Crippen LogP contribution in [0.15, 0.2) is 30.3 Å². The molecule has 40 heavy (non-hydrogen) atoms. The maximum atomic E-state index is 13.4. The maximum Gasteiger partial charge on any atom is 0.342 e. The summed E-state index contributed by atoms with van der Waals surface area (Å²) >= 11 is 0. The number of aromatic hydroxyl groups is 1. The summed E-state index contributed by atoms with van der Waals surface area (Å²) in [7, 11) is 1.55. The number of carbonyl (C=O) groups is 3. The van der Waals surface area contributed by atoms with Gasteiger partial charge in [0.2, 0.25) is 0 Å². The van der Waals surface area contributed by atoms with Gasteiger partial charge in [-0.05, 0) is 67.9 Å². The Hall–Kier alpha value is -3.81. The number of benzene rings is 2. The van der Waals surface area contributed by atoms with Gasteiger partial charge in [0.25, 0.3) is 0 Å². The Morgan fingerprint density at radius 3 is 2.60 bits per heavy atom. The Morgan fingerprint density at radius 2 is 1.85 bits per heavy atom. The van der Waals surface area contributed by atoms with E-state index in [1.807, 2.05) is 12.1 Å². The number of hydrogen-bond acceptors (Lipinski definition) is 8. The standard InChI is InChI=1S/C32H38O8/c1-19(2)18-38-25-14-13-21(15-26(25)37-4)24-17-28(34)40-27-16-22-10-6-5-7-11-23(33)12-8-9-20(3)39-32(36)29(22)31(35)30(24)27/h6,10,13-16,19-20,24,35H,5,7-9,11-12,17-18H2,1-4H3/b10-6+/t20-,24?/m0/s1. The number of phenolic OH excluding ortho intramolecular Hbond substituents is 1. The van der Waals surface area contributed by atoms with Crippen molar-refractivity contribution in [3.05, 3.63) is 52.6 Å². The van der Waals surface area contributed by atoms with Gasteiger partial charge in [0.15, 0.2) is 11.5 Å². The van der Waals surface area contributed by atoms with Gasteiger partial charge in [-0.2, -0.15) is 0 Å². The van der Waals surface area contributed by atoms with Gasteiger partial charge in [-0.25, -0.2) is 4.79 Å². The molecule has 8 nitrogen and oxygen atoms in total. The zero-order valence-electron chi connectivity index (χ0n) is 23.7. The van der Waals surface area contributed by atoms with Crippen molar-refractivity contribution in [1.82, 2.24) is 0 Å². The molecule has 2 heterocycles. The second-order valence-electron chi connectivity index (χ2n) is 10.9. The second-order valence-corrected chi connectivity index (χ2v) is 10.9. The SMILES string of the molecule is COc1cc(C2CC(=O)Oc3cc4c(c(O)c32)C(=O)O[C@@H](C)CCCC(=O)CCC/C=C/4)ccc1OCC(C)C. The summed E-state index contributed by atoms with van der Waals surface area (Å²) < 4.78 is 22.7. The van der Waals surface area contributed by atoms with E-state index in [1.165, 1.54) is 0 Å². The van der Waals surface area contributed by atoms with Crippen molar-refractivity contribution in [2.24, 2.45) is 5.92 Å². The molecule has 214 valence electrons. The number of allylic oxidation sites excluding steroid dienone is 1. The van der Waals surface area contributed by atoms with E-state index in [2.05, 4.69) is 13.8 Å². The van der Waals surface area contributed by atoms with Gasteiger partial charge in [-0.15, -0.1) is 0 Å². The highest BCUT2D eigenvalue weighted by molar-refractivity contribution is 5.98. The van der Waals surface area contributed by atoms with Crippen molar-refractivity contribution in [2.45, 2.75) is 77.7 Å². The summed E-state index contributed by atoms with van der Waals surface area (Å²) in [6.07, 6.45) is 6.53. The Labute approximate surface area is 235 Å². The molecule has 2 atom stereocenters. The second kappa shape index (κ2) is 13.0. The average Bonchev–Trinajstić information content (AvgIpc) is 2.90. The van der Waals surface area contributed by atoms with Crippen LogP contribution in [0.25, 0.3) is 6.08 Å². The summed E-state index contributed by atoms with van der Waals surface area (Å²) in [4.78, 5) is 38.2. The van der Waals surface area contributed by atoms with E-state index in [4.69, 9.17) is 18.9 Å². The zero-order chi connectivity index (χ0) is 28.8. The largest absolute Gasteiger partial charge is 0.507 e. The van der Waals surface area contributed by atoms with E-state index < -0.39 is 24.0 Å². The Balaban J connectivity index is 1.78. The molecule has 8 heteroatoms. The molecule has 4 rings (SSSR count). The highest BCUT2D eigenvalue weighted by Gasteiger charge is 2.36. The molecule has 0 saturated carbocycles. The molecule has 0 amide bonds. The third-order valence-electron chi connectivity index (χ3n) is 7.14. The Kier molecular flexibility index (Phi) is 9.50. The fourth-order valence-electron chi connectivity index (χ4n) is 5.08. The lowest BCUT2D eigenvalue weighted by molar-refractivity contribution is -0.135. The molecule has 0 spiro atoms. The lowest BCUT2D eigenvalue weighted by atomic mass is 9.83. The molecule has 2 aromatic carbocycles. The first-order valence-corrected chi connectivity index (χ1v) is 14.0. The minimum atomic E-state index is -0.665. The molecule has 0 radical (unpaired) electrons. The number of esters is 2. The van der Waals surface area contributed by atoms with E-state index in [-0.39, 0.29) is 29.3 Å². The molecule has 2 aromatic rings. The molecule has 0 aromatic heterocycles. The van der Waals surface area contributed by atoms with Gasteiger partial charge in [0.05, 0.1) is 26.2 Å². The molecule has 0 aliphatic carbocycles. The number of cyclic esters (lactones) is 1. The third-order valence-corrected chi connectivity index (χ3v) is 7.14.